The molecule has 3 aromatic rings. The van der Waals surface area contributed by atoms with Crippen LogP contribution in [0.15, 0.2) is 64.1 Å². The Morgan fingerprint density at radius 1 is 1.26 bits per heavy atom. The lowest BCUT2D eigenvalue weighted by Gasteiger charge is -2.23. The molecule has 31 heavy (non-hydrogen) atoms. The molecule has 156 valence electrons. The van der Waals surface area contributed by atoms with Crippen molar-refractivity contribution >= 4 is 49.8 Å². The van der Waals surface area contributed by atoms with Crippen molar-refractivity contribution in [1.82, 2.24) is 4.98 Å². The number of carbonyl (C=O) groups excluding carboxylic acids is 2. The number of ketones is 1. The molecule has 8 heteroatoms. The summed E-state index contributed by atoms with van der Waals surface area (Å²) in [4.78, 5) is 31.7. The molecule has 0 aliphatic carbocycles. The number of benzene rings is 2. The molecule has 2 unspecified atom stereocenters. The van der Waals surface area contributed by atoms with Crippen molar-refractivity contribution in [2.45, 2.75) is 25.5 Å². The van der Waals surface area contributed by atoms with Crippen LogP contribution in [0.3, 0.4) is 0 Å². The normalized spacial score (nSPS) is 21.9. The fourth-order valence-corrected chi connectivity index (χ4v) is 5.17. The van der Waals surface area contributed by atoms with Gasteiger partial charge in [0.05, 0.1) is 11.6 Å². The van der Waals surface area contributed by atoms with Gasteiger partial charge in [-0.2, -0.15) is 0 Å². The van der Waals surface area contributed by atoms with E-state index >= 15 is 0 Å². The minimum absolute atomic E-state index is 0.0465. The molecule has 6 nitrogen and oxygen atoms in total. The highest BCUT2D eigenvalue weighted by molar-refractivity contribution is 9.10. The van der Waals surface area contributed by atoms with Crippen LogP contribution in [0.2, 0.25) is 0 Å². The minimum Gasteiger partial charge on any atom is -0.507 e. The van der Waals surface area contributed by atoms with Crippen molar-refractivity contribution in [2.75, 3.05) is 4.90 Å². The Balaban J connectivity index is 1.69. The van der Waals surface area contributed by atoms with E-state index in [2.05, 4.69) is 20.9 Å². The first-order chi connectivity index (χ1) is 14.9. The van der Waals surface area contributed by atoms with Crippen LogP contribution in [-0.2, 0) is 16.0 Å². The van der Waals surface area contributed by atoms with Gasteiger partial charge in [0.25, 0.3) is 5.78 Å². The van der Waals surface area contributed by atoms with Gasteiger partial charge in [-0.25, -0.2) is 4.98 Å². The molecule has 0 bridgehead atoms. The second-order valence-electron chi connectivity index (χ2n) is 7.49. The number of fused-ring (bicyclic) bond motifs is 1. The first kappa shape index (κ1) is 20.0. The summed E-state index contributed by atoms with van der Waals surface area (Å²) in [6, 6.07) is 11.9. The van der Waals surface area contributed by atoms with Crippen molar-refractivity contribution in [3.63, 3.8) is 0 Å². The maximum absolute atomic E-state index is 13.1. The third kappa shape index (κ3) is 3.36. The van der Waals surface area contributed by atoms with Gasteiger partial charge in [-0.3, -0.25) is 14.5 Å². The lowest BCUT2D eigenvalue weighted by Crippen LogP contribution is -2.29. The standard InChI is InChI=1S/C23H17BrN2O4S/c1-12-9-15-10-14(5-6-17(15)30-12)20(27)18-19(13-3-2-4-16(24)11-13)26(22(29)21(18)28)23-25-7-8-31-23/h2-8,10-12,19,27H,9H2,1H3/b20-18+. The molecular weight excluding hydrogens is 480 g/mol. The lowest BCUT2D eigenvalue weighted by molar-refractivity contribution is -0.132. The maximum atomic E-state index is 13.1. The first-order valence-electron chi connectivity index (χ1n) is 9.70. The van der Waals surface area contributed by atoms with E-state index in [1.807, 2.05) is 37.3 Å². The Morgan fingerprint density at radius 3 is 2.84 bits per heavy atom. The predicted octanol–water partition coefficient (Wildman–Crippen LogP) is 4.86. The van der Waals surface area contributed by atoms with Crippen LogP contribution in [0.1, 0.15) is 29.7 Å². The zero-order valence-electron chi connectivity index (χ0n) is 16.4. The van der Waals surface area contributed by atoms with Gasteiger partial charge in [0.15, 0.2) is 5.13 Å². The van der Waals surface area contributed by atoms with E-state index in [1.54, 1.807) is 23.7 Å². The fourth-order valence-electron chi connectivity index (χ4n) is 4.08. The van der Waals surface area contributed by atoms with E-state index < -0.39 is 17.7 Å². The van der Waals surface area contributed by atoms with E-state index in [4.69, 9.17) is 4.74 Å². The number of nitrogens with zero attached hydrogens (tertiary/aromatic N) is 2. The maximum Gasteiger partial charge on any atom is 0.301 e. The third-order valence-corrected chi connectivity index (χ3v) is 6.67. The molecule has 2 atom stereocenters. The number of Topliss-reactive ketones (excluding diaryl/α,β-unsaturated/α-hetero) is 1. The van der Waals surface area contributed by atoms with Gasteiger partial charge in [0, 0.05) is 28.0 Å². The van der Waals surface area contributed by atoms with Crippen LogP contribution in [0.25, 0.3) is 5.76 Å². The Bertz CT molecular complexity index is 1240. The number of anilines is 1. The van der Waals surface area contributed by atoms with E-state index in [1.165, 1.54) is 16.2 Å². The lowest BCUT2D eigenvalue weighted by atomic mass is 9.94. The minimum atomic E-state index is -0.785. The van der Waals surface area contributed by atoms with Crippen molar-refractivity contribution in [3.8, 4) is 5.75 Å². The molecule has 2 aliphatic rings. The zero-order chi connectivity index (χ0) is 21.7. The van der Waals surface area contributed by atoms with E-state index in [-0.39, 0.29) is 17.4 Å². The van der Waals surface area contributed by atoms with Gasteiger partial charge in [-0.15, -0.1) is 11.3 Å². The molecule has 1 N–H and O–H groups in total. The summed E-state index contributed by atoms with van der Waals surface area (Å²) in [7, 11) is 0. The highest BCUT2D eigenvalue weighted by atomic mass is 79.9. The quantitative estimate of drug-likeness (QED) is 0.318. The Morgan fingerprint density at radius 2 is 2.10 bits per heavy atom. The fraction of sp³-hybridized carbons (Fsp3) is 0.174. The molecular formula is C23H17BrN2O4S. The number of aromatic nitrogens is 1. The summed E-state index contributed by atoms with van der Waals surface area (Å²) in [5.41, 5.74) is 2.19. The average Bonchev–Trinajstić information content (AvgIpc) is 3.45. The van der Waals surface area contributed by atoms with Crippen LogP contribution >= 0.6 is 27.3 Å². The Kier molecular flexibility index (Phi) is 4.91. The number of aliphatic hydroxyl groups is 1. The predicted molar refractivity (Wildman–Crippen MR) is 121 cm³/mol. The molecule has 3 heterocycles. The second kappa shape index (κ2) is 7.62. The number of halogens is 1. The Hall–Kier alpha value is -2.97. The number of hydrogen-bond acceptors (Lipinski definition) is 6. The number of rotatable bonds is 3. The molecule has 1 fully saturated rings. The van der Waals surface area contributed by atoms with Gasteiger partial charge in [-0.1, -0.05) is 28.1 Å². The molecule has 2 aliphatic heterocycles. The molecule has 1 saturated heterocycles. The van der Waals surface area contributed by atoms with Crippen LogP contribution in [0.5, 0.6) is 5.75 Å². The van der Waals surface area contributed by atoms with Crippen LogP contribution < -0.4 is 9.64 Å². The number of aliphatic hydroxyl groups excluding tert-OH is 1. The van der Waals surface area contributed by atoms with Gasteiger partial charge >= 0.3 is 5.91 Å². The smallest absolute Gasteiger partial charge is 0.301 e. The summed E-state index contributed by atoms with van der Waals surface area (Å²) < 4.78 is 6.54. The topological polar surface area (TPSA) is 79.7 Å². The molecule has 2 aromatic carbocycles. The molecule has 0 radical (unpaired) electrons. The molecule has 5 rings (SSSR count). The third-order valence-electron chi connectivity index (χ3n) is 5.40. The second-order valence-corrected chi connectivity index (χ2v) is 9.28. The van der Waals surface area contributed by atoms with Crippen LogP contribution in [0, 0.1) is 0 Å². The summed E-state index contributed by atoms with van der Waals surface area (Å²) in [6.07, 6.45) is 2.36. The number of amides is 1. The van der Waals surface area contributed by atoms with E-state index in [0.29, 0.717) is 16.3 Å². The first-order valence-corrected chi connectivity index (χ1v) is 11.4. The van der Waals surface area contributed by atoms with Gasteiger partial charge in [-0.05, 0) is 48.4 Å². The number of ether oxygens (including phenoxy) is 1. The molecule has 0 spiro atoms. The Labute approximate surface area is 190 Å². The zero-order valence-corrected chi connectivity index (χ0v) is 18.8. The van der Waals surface area contributed by atoms with Crippen molar-refractivity contribution in [3.05, 3.63) is 80.8 Å². The van der Waals surface area contributed by atoms with E-state index in [9.17, 15) is 14.7 Å². The highest BCUT2D eigenvalue weighted by Gasteiger charge is 2.48. The average molecular weight is 497 g/mol. The number of hydrogen-bond donors (Lipinski definition) is 1. The van der Waals surface area contributed by atoms with Crippen LogP contribution in [-0.4, -0.2) is 27.9 Å². The number of thiazole rings is 1. The summed E-state index contributed by atoms with van der Waals surface area (Å²) in [5.74, 6) is -0.872. The van der Waals surface area contributed by atoms with E-state index in [0.717, 1.165) is 22.2 Å². The SMILES string of the molecule is CC1Cc2cc(/C(O)=C3\C(=O)C(=O)N(c4nccs4)C3c3cccc(Br)c3)ccc2O1. The largest absolute Gasteiger partial charge is 0.507 e. The molecule has 0 saturated carbocycles. The van der Waals surface area contributed by atoms with Crippen molar-refractivity contribution in [2.24, 2.45) is 0 Å². The summed E-state index contributed by atoms with van der Waals surface area (Å²) >= 11 is 4.72. The van der Waals surface area contributed by atoms with Crippen molar-refractivity contribution in [1.29, 1.82) is 0 Å². The highest BCUT2D eigenvalue weighted by Crippen LogP contribution is 2.43. The monoisotopic (exact) mass is 496 g/mol. The molecule has 1 aromatic heterocycles. The van der Waals surface area contributed by atoms with Crippen LogP contribution in [0.4, 0.5) is 5.13 Å². The van der Waals surface area contributed by atoms with Gasteiger partial charge in [0.1, 0.15) is 17.6 Å². The summed E-state index contributed by atoms with van der Waals surface area (Å²) in [5, 5.41) is 13.4. The summed E-state index contributed by atoms with van der Waals surface area (Å²) in [6.45, 7) is 1.98. The molecule has 1 amide bonds. The van der Waals surface area contributed by atoms with Gasteiger partial charge in [0.2, 0.25) is 0 Å². The van der Waals surface area contributed by atoms with Gasteiger partial charge < -0.3 is 9.84 Å². The number of carbonyl (C=O) groups is 2. The van der Waals surface area contributed by atoms with Crippen molar-refractivity contribution < 1.29 is 19.4 Å².